The van der Waals surface area contributed by atoms with Crippen LogP contribution < -0.4 is 4.74 Å². The topological polar surface area (TPSA) is 29.5 Å². The molecule has 16 heavy (non-hydrogen) atoms. The minimum atomic E-state index is 0.0539. The van der Waals surface area contributed by atoms with Crippen LogP contribution in [0.3, 0.4) is 0 Å². The summed E-state index contributed by atoms with van der Waals surface area (Å²) in [5.74, 6) is 1.79. The average Bonchev–Trinajstić information content (AvgIpc) is 2.35. The van der Waals surface area contributed by atoms with Crippen LogP contribution in [-0.4, -0.2) is 5.11 Å². The van der Waals surface area contributed by atoms with Gasteiger partial charge in [0.1, 0.15) is 11.5 Å². The Bertz CT molecular complexity index is 532. The van der Waals surface area contributed by atoms with E-state index in [2.05, 4.69) is 6.07 Å². The fraction of sp³-hybridized carbons (Fsp3) is 0.143. The summed E-state index contributed by atoms with van der Waals surface area (Å²) in [5.41, 5.74) is 3.28. The second kappa shape index (κ2) is 3.65. The van der Waals surface area contributed by atoms with E-state index in [1.165, 1.54) is 11.1 Å². The molecule has 0 saturated carbocycles. The molecule has 0 atom stereocenters. The van der Waals surface area contributed by atoms with E-state index in [4.69, 9.17) is 9.84 Å². The summed E-state index contributed by atoms with van der Waals surface area (Å²) < 4.78 is 5.81. The maximum atomic E-state index is 9.08. The van der Waals surface area contributed by atoms with Crippen LogP contribution in [0.4, 0.5) is 0 Å². The Balaban J connectivity index is 2.05. The molecule has 2 heteroatoms. The molecule has 80 valence electrons. The summed E-state index contributed by atoms with van der Waals surface area (Å²) in [7, 11) is 0. The monoisotopic (exact) mass is 212 g/mol. The van der Waals surface area contributed by atoms with Crippen LogP contribution in [0.1, 0.15) is 16.7 Å². The van der Waals surface area contributed by atoms with E-state index < -0.39 is 0 Å². The van der Waals surface area contributed by atoms with Gasteiger partial charge >= 0.3 is 0 Å². The quantitative estimate of drug-likeness (QED) is 0.672. The molecule has 1 heterocycles. The number of hydrogen-bond donors (Lipinski definition) is 1. The van der Waals surface area contributed by atoms with Crippen molar-refractivity contribution in [2.45, 2.75) is 13.0 Å². The lowest BCUT2D eigenvalue weighted by Crippen LogP contribution is -2.03. The zero-order valence-electron chi connectivity index (χ0n) is 8.81. The molecule has 1 aliphatic heterocycles. The molecule has 0 bridgehead atoms. The molecule has 2 nitrogen and oxygen atoms in total. The molecule has 0 spiro atoms. The van der Waals surface area contributed by atoms with Gasteiger partial charge < -0.3 is 9.84 Å². The molecule has 1 aliphatic rings. The number of aliphatic hydroxyl groups is 1. The molecule has 2 aromatic carbocycles. The zero-order valence-corrected chi connectivity index (χ0v) is 8.81. The number of benzene rings is 2. The highest BCUT2D eigenvalue weighted by molar-refractivity contribution is 5.50. The van der Waals surface area contributed by atoms with Crippen molar-refractivity contribution >= 4 is 0 Å². The maximum Gasteiger partial charge on any atom is 0.131 e. The van der Waals surface area contributed by atoms with Gasteiger partial charge in [0.2, 0.25) is 0 Å². The van der Waals surface area contributed by atoms with Crippen molar-refractivity contribution in [1.29, 1.82) is 0 Å². The van der Waals surface area contributed by atoms with Crippen molar-refractivity contribution in [3.05, 3.63) is 59.2 Å². The third-order valence-corrected chi connectivity index (χ3v) is 2.89. The number of fused-ring (bicyclic) bond motifs is 2. The summed E-state index contributed by atoms with van der Waals surface area (Å²) in [5, 5.41) is 9.08. The Kier molecular flexibility index (Phi) is 2.15. The molecule has 0 radical (unpaired) electrons. The lowest BCUT2D eigenvalue weighted by molar-refractivity contribution is 0.281. The highest BCUT2D eigenvalue weighted by Crippen LogP contribution is 2.36. The number of hydrogen-bond acceptors (Lipinski definition) is 2. The molecule has 0 fully saturated rings. The summed E-state index contributed by atoms with van der Waals surface area (Å²) in [6, 6.07) is 13.9. The molecular weight excluding hydrogens is 200 g/mol. The van der Waals surface area contributed by atoms with Gasteiger partial charge in [-0.15, -0.1) is 0 Å². The van der Waals surface area contributed by atoms with E-state index in [-0.39, 0.29) is 6.61 Å². The van der Waals surface area contributed by atoms with Gasteiger partial charge in [-0.2, -0.15) is 0 Å². The Labute approximate surface area is 94.1 Å². The van der Waals surface area contributed by atoms with Crippen molar-refractivity contribution in [2.24, 2.45) is 0 Å². The molecule has 0 unspecified atom stereocenters. The lowest BCUT2D eigenvalue weighted by atomic mass is 9.99. The predicted molar refractivity (Wildman–Crippen MR) is 61.7 cm³/mol. The van der Waals surface area contributed by atoms with Crippen LogP contribution >= 0.6 is 0 Å². The Morgan fingerprint density at radius 1 is 1.00 bits per heavy atom. The van der Waals surface area contributed by atoms with Crippen molar-refractivity contribution < 1.29 is 9.84 Å². The van der Waals surface area contributed by atoms with Gasteiger partial charge in [0.25, 0.3) is 0 Å². The SMILES string of the molecule is OCc1ccc2c(c1)Oc1ccccc1C2. The first-order valence-electron chi connectivity index (χ1n) is 5.35. The minimum Gasteiger partial charge on any atom is -0.457 e. The normalized spacial score (nSPS) is 12.6. The number of rotatable bonds is 1. The van der Waals surface area contributed by atoms with E-state index in [0.29, 0.717) is 0 Å². The molecular formula is C14H12O2. The third kappa shape index (κ3) is 1.48. The maximum absolute atomic E-state index is 9.08. The number of aliphatic hydroxyl groups excluding tert-OH is 1. The zero-order chi connectivity index (χ0) is 11.0. The lowest BCUT2D eigenvalue weighted by Gasteiger charge is -2.20. The summed E-state index contributed by atoms with van der Waals surface area (Å²) in [6.45, 7) is 0.0539. The molecule has 3 rings (SSSR count). The predicted octanol–water partition coefficient (Wildman–Crippen LogP) is 2.88. The van der Waals surface area contributed by atoms with Crippen LogP contribution in [0.5, 0.6) is 11.5 Å². The first kappa shape index (κ1) is 9.43. The summed E-state index contributed by atoms with van der Waals surface area (Å²) >= 11 is 0. The largest absolute Gasteiger partial charge is 0.457 e. The van der Waals surface area contributed by atoms with E-state index >= 15 is 0 Å². The number of para-hydroxylation sites is 1. The minimum absolute atomic E-state index is 0.0539. The van der Waals surface area contributed by atoms with E-state index in [0.717, 1.165) is 23.5 Å². The van der Waals surface area contributed by atoms with Crippen molar-refractivity contribution in [2.75, 3.05) is 0 Å². The van der Waals surface area contributed by atoms with E-state index in [1.807, 2.05) is 36.4 Å². The standard InChI is InChI=1S/C14H12O2/c15-9-10-5-6-12-8-11-3-1-2-4-13(11)16-14(12)7-10/h1-7,15H,8-9H2. The Hall–Kier alpha value is -1.80. The second-order valence-electron chi connectivity index (χ2n) is 3.99. The van der Waals surface area contributed by atoms with E-state index in [9.17, 15) is 0 Å². The van der Waals surface area contributed by atoms with Gasteiger partial charge in [-0.25, -0.2) is 0 Å². The third-order valence-electron chi connectivity index (χ3n) is 2.89. The van der Waals surface area contributed by atoms with Crippen LogP contribution in [0.25, 0.3) is 0 Å². The highest BCUT2D eigenvalue weighted by Gasteiger charge is 2.16. The average molecular weight is 212 g/mol. The Morgan fingerprint density at radius 2 is 1.81 bits per heavy atom. The van der Waals surface area contributed by atoms with Crippen LogP contribution in [-0.2, 0) is 13.0 Å². The van der Waals surface area contributed by atoms with Crippen LogP contribution in [0.2, 0.25) is 0 Å². The summed E-state index contributed by atoms with van der Waals surface area (Å²) in [6.07, 6.45) is 0.900. The molecule has 1 N–H and O–H groups in total. The molecule has 0 amide bonds. The van der Waals surface area contributed by atoms with Gasteiger partial charge in [-0.3, -0.25) is 0 Å². The van der Waals surface area contributed by atoms with Crippen LogP contribution in [0, 0.1) is 0 Å². The van der Waals surface area contributed by atoms with Gasteiger partial charge in [-0.1, -0.05) is 30.3 Å². The van der Waals surface area contributed by atoms with Crippen LogP contribution in [0.15, 0.2) is 42.5 Å². The number of ether oxygens (including phenoxy) is 1. The van der Waals surface area contributed by atoms with Gasteiger partial charge in [0.15, 0.2) is 0 Å². The van der Waals surface area contributed by atoms with Crippen molar-refractivity contribution in [3.8, 4) is 11.5 Å². The molecule has 0 saturated heterocycles. The van der Waals surface area contributed by atoms with Gasteiger partial charge in [-0.05, 0) is 28.8 Å². The highest BCUT2D eigenvalue weighted by atomic mass is 16.5. The van der Waals surface area contributed by atoms with Gasteiger partial charge in [0.05, 0.1) is 6.61 Å². The van der Waals surface area contributed by atoms with Gasteiger partial charge in [0, 0.05) is 6.42 Å². The van der Waals surface area contributed by atoms with E-state index in [1.54, 1.807) is 0 Å². The smallest absolute Gasteiger partial charge is 0.131 e. The fourth-order valence-electron chi connectivity index (χ4n) is 2.01. The van der Waals surface area contributed by atoms with Crippen molar-refractivity contribution in [1.82, 2.24) is 0 Å². The fourth-order valence-corrected chi connectivity index (χ4v) is 2.01. The van der Waals surface area contributed by atoms with Crippen molar-refractivity contribution in [3.63, 3.8) is 0 Å². The Morgan fingerprint density at radius 3 is 2.69 bits per heavy atom. The molecule has 2 aromatic rings. The first-order chi connectivity index (χ1) is 7.86. The molecule has 0 aliphatic carbocycles. The second-order valence-corrected chi connectivity index (χ2v) is 3.99. The summed E-state index contributed by atoms with van der Waals surface area (Å²) in [4.78, 5) is 0. The first-order valence-corrected chi connectivity index (χ1v) is 5.35. The molecule has 0 aromatic heterocycles.